The third-order valence-corrected chi connectivity index (χ3v) is 4.86. The average molecular weight is 335 g/mol. The first-order valence-corrected chi connectivity index (χ1v) is 8.68. The molecule has 0 amide bonds. The summed E-state index contributed by atoms with van der Waals surface area (Å²) in [6.07, 6.45) is 10.1. The largest absolute Gasteiger partial charge is 0.507 e. The molecule has 2 aromatic heterocycles. The van der Waals surface area contributed by atoms with E-state index in [-0.39, 0.29) is 5.75 Å². The van der Waals surface area contributed by atoms with Crippen LogP contribution in [0.1, 0.15) is 38.1 Å². The second-order valence-electron chi connectivity index (χ2n) is 6.55. The lowest BCUT2D eigenvalue weighted by Gasteiger charge is -2.21. The normalized spacial score (nSPS) is 15.4. The minimum absolute atomic E-state index is 0.172. The van der Waals surface area contributed by atoms with Crippen molar-refractivity contribution in [1.82, 2.24) is 20.0 Å². The maximum Gasteiger partial charge on any atom is 0.154 e. The predicted molar refractivity (Wildman–Crippen MR) is 96.9 cm³/mol. The summed E-state index contributed by atoms with van der Waals surface area (Å²) in [7, 11) is 0. The Morgan fingerprint density at radius 1 is 1.04 bits per heavy atom. The number of phenolic OH excluding ortho intramolecular Hbond substituents is 1. The number of nitrogen functional groups attached to an aromatic ring is 1. The van der Waals surface area contributed by atoms with Crippen LogP contribution in [0.2, 0.25) is 0 Å². The molecule has 3 N–H and O–H groups in total. The van der Waals surface area contributed by atoms with Gasteiger partial charge in [0.1, 0.15) is 5.75 Å². The Labute approximate surface area is 146 Å². The molecule has 0 saturated heterocycles. The van der Waals surface area contributed by atoms with Crippen molar-refractivity contribution in [2.24, 2.45) is 0 Å². The number of hydrogen-bond acceptors (Lipinski definition) is 5. The van der Waals surface area contributed by atoms with Gasteiger partial charge in [-0.3, -0.25) is 4.68 Å². The molecular formula is C19H21N5O. The van der Waals surface area contributed by atoms with Crippen LogP contribution < -0.4 is 5.73 Å². The lowest BCUT2D eigenvalue weighted by atomic mass is 9.96. The van der Waals surface area contributed by atoms with Crippen LogP contribution in [0.4, 0.5) is 5.82 Å². The van der Waals surface area contributed by atoms with Gasteiger partial charge in [-0.15, -0.1) is 10.2 Å². The molecule has 1 fully saturated rings. The van der Waals surface area contributed by atoms with Gasteiger partial charge in [-0.2, -0.15) is 5.10 Å². The van der Waals surface area contributed by atoms with Crippen molar-refractivity contribution in [3.63, 3.8) is 0 Å². The summed E-state index contributed by atoms with van der Waals surface area (Å²) in [5.41, 5.74) is 8.99. The quantitative estimate of drug-likeness (QED) is 0.760. The first-order valence-electron chi connectivity index (χ1n) is 8.68. The molecule has 0 aliphatic heterocycles. The van der Waals surface area contributed by atoms with Gasteiger partial charge < -0.3 is 10.8 Å². The van der Waals surface area contributed by atoms with Crippen LogP contribution in [0.3, 0.4) is 0 Å². The molecule has 6 heteroatoms. The number of hydrogen-bond donors (Lipinski definition) is 2. The smallest absolute Gasteiger partial charge is 0.154 e. The van der Waals surface area contributed by atoms with Crippen molar-refractivity contribution in [3.05, 3.63) is 42.7 Å². The molecule has 0 atom stereocenters. The number of aromatic nitrogens is 4. The molecule has 1 saturated carbocycles. The molecule has 4 rings (SSSR count). The number of phenols is 1. The zero-order chi connectivity index (χ0) is 17.2. The molecule has 128 valence electrons. The van der Waals surface area contributed by atoms with E-state index < -0.39 is 0 Å². The molecule has 1 aliphatic rings. The summed E-state index contributed by atoms with van der Waals surface area (Å²) in [4.78, 5) is 0. The average Bonchev–Trinajstić information content (AvgIpc) is 3.13. The van der Waals surface area contributed by atoms with Crippen LogP contribution in [0, 0.1) is 0 Å². The molecule has 6 nitrogen and oxygen atoms in total. The molecule has 1 aliphatic carbocycles. The lowest BCUT2D eigenvalue weighted by molar-refractivity contribution is 0.329. The molecule has 2 heterocycles. The monoisotopic (exact) mass is 335 g/mol. The number of aromatic hydroxyl groups is 1. The highest BCUT2D eigenvalue weighted by atomic mass is 16.3. The Bertz CT molecular complexity index is 883. The van der Waals surface area contributed by atoms with Crippen LogP contribution in [0.25, 0.3) is 22.4 Å². The van der Waals surface area contributed by atoms with Crippen molar-refractivity contribution in [2.45, 2.75) is 38.1 Å². The van der Waals surface area contributed by atoms with Crippen LogP contribution in [0.5, 0.6) is 5.75 Å². The van der Waals surface area contributed by atoms with Crippen LogP contribution in [-0.2, 0) is 0 Å². The number of nitrogens with two attached hydrogens (primary N) is 1. The van der Waals surface area contributed by atoms with Gasteiger partial charge in [0.05, 0.1) is 17.9 Å². The maximum absolute atomic E-state index is 10.1. The van der Waals surface area contributed by atoms with Gasteiger partial charge in [0, 0.05) is 22.9 Å². The van der Waals surface area contributed by atoms with Gasteiger partial charge >= 0.3 is 0 Å². The number of anilines is 1. The molecule has 0 bridgehead atoms. The highest BCUT2D eigenvalue weighted by molar-refractivity contribution is 5.78. The topological polar surface area (TPSA) is 89.8 Å². The third kappa shape index (κ3) is 3.07. The highest BCUT2D eigenvalue weighted by Gasteiger charge is 2.18. The zero-order valence-corrected chi connectivity index (χ0v) is 14.0. The highest BCUT2D eigenvalue weighted by Crippen LogP contribution is 2.33. The van der Waals surface area contributed by atoms with Crippen LogP contribution in [-0.4, -0.2) is 25.1 Å². The summed E-state index contributed by atoms with van der Waals surface area (Å²) in [5.74, 6) is 0.535. The molecule has 0 unspecified atom stereocenters. The number of para-hydroxylation sites is 1. The van der Waals surface area contributed by atoms with Gasteiger partial charge in [0.2, 0.25) is 0 Å². The Morgan fingerprint density at radius 3 is 2.64 bits per heavy atom. The fourth-order valence-electron chi connectivity index (χ4n) is 3.48. The first-order chi connectivity index (χ1) is 12.2. The second-order valence-corrected chi connectivity index (χ2v) is 6.55. The van der Waals surface area contributed by atoms with E-state index in [1.54, 1.807) is 12.1 Å². The van der Waals surface area contributed by atoms with E-state index in [4.69, 9.17) is 5.73 Å². The molecule has 0 spiro atoms. The molecule has 25 heavy (non-hydrogen) atoms. The van der Waals surface area contributed by atoms with Gasteiger partial charge in [0.25, 0.3) is 0 Å². The third-order valence-electron chi connectivity index (χ3n) is 4.86. The van der Waals surface area contributed by atoms with E-state index >= 15 is 0 Å². The summed E-state index contributed by atoms with van der Waals surface area (Å²) >= 11 is 0. The van der Waals surface area contributed by atoms with E-state index in [0.717, 1.165) is 11.1 Å². The Hall–Kier alpha value is -2.89. The van der Waals surface area contributed by atoms with E-state index in [2.05, 4.69) is 15.3 Å². The summed E-state index contributed by atoms with van der Waals surface area (Å²) in [6.45, 7) is 0. The maximum atomic E-state index is 10.1. The SMILES string of the molecule is Nc1nnc(-c2ccccc2O)cc1-c1cnn(C2CCCCC2)c1. The Balaban J connectivity index is 1.70. The summed E-state index contributed by atoms with van der Waals surface area (Å²) < 4.78 is 2.05. The molecule has 0 radical (unpaired) electrons. The Morgan fingerprint density at radius 2 is 1.84 bits per heavy atom. The first kappa shape index (κ1) is 15.6. The molecular weight excluding hydrogens is 314 g/mol. The van der Waals surface area contributed by atoms with Crippen molar-refractivity contribution in [1.29, 1.82) is 0 Å². The van der Waals surface area contributed by atoms with Crippen molar-refractivity contribution in [3.8, 4) is 28.1 Å². The minimum Gasteiger partial charge on any atom is -0.507 e. The predicted octanol–water partition coefficient (Wildman–Crippen LogP) is 3.80. The molecule has 1 aromatic carbocycles. The Kier molecular flexibility index (Phi) is 4.09. The van der Waals surface area contributed by atoms with Crippen LogP contribution >= 0.6 is 0 Å². The van der Waals surface area contributed by atoms with Gasteiger partial charge in [-0.05, 0) is 31.0 Å². The fraction of sp³-hybridized carbons (Fsp3) is 0.316. The number of rotatable bonds is 3. The van der Waals surface area contributed by atoms with E-state index in [9.17, 15) is 5.11 Å². The van der Waals surface area contributed by atoms with Crippen LogP contribution in [0.15, 0.2) is 42.7 Å². The summed E-state index contributed by atoms with van der Waals surface area (Å²) in [5, 5.41) is 22.8. The second kappa shape index (κ2) is 6.55. The number of benzene rings is 1. The van der Waals surface area contributed by atoms with Gasteiger partial charge in [0.15, 0.2) is 5.82 Å². The molecule has 3 aromatic rings. The van der Waals surface area contributed by atoms with E-state index in [0.29, 0.717) is 23.1 Å². The van der Waals surface area contributed by atoms with E-state index in [1.807, 2.05) is 35.3 Å². The lowest BCUT2D eigenvalue weighted by Crippen LogP contribution is -2.12. The van der Waals surface area contributed by atoms with Gasteiger partial charge in [-0.25, -0.2) is 0 Å². The van der Waals surface area contributed by atoms with Gasteiger partial charge in [-0.1, -0.05) is 31.4 Å². The zero-order valence-electron chi connectivity index (χ0n) is 14.0. The minimum atomic E-state index is 0.172. The van der Waals surface area contributed by atoms with Crippen molar-refractivity contribution < 1.29 is 5.11 Å². The van der Waals surface area contributed by atoms with E-state index in [1.165, 1.54) is 32.1 Å². The number of nitrogens with zero attached hydrogens (tertiary/aromatic N) is 4. The standard InChI is InChI=1S/C19H21N5O/c20-19-16(10-17(22-23-19)15-8-4-5-9-18(15)25)13-11-21-24(12-13)14-6-2-1-3-7-14/h4-5,8-12,14,25H,1-3,6-7H2,(H2,20,23). The van der Waals surface area contributed by atoms with Crippen molar-refractivity contribution in [2.75, 3.05) is 5.73 Å². The fourth-order valence-corrected chi connectivity index (χ4v) is 3.48. The van der Waals surface area contributed by atoms with Crippen molar-refractivity contribution >= 4 is 5.82 Å². The summed E-state index contributed by atoms with van der Waals surface area (Å²) in [6, 6.07) is 9.40.